The number of thioether (sulfide) groups is 1. The minimum atomic E-state index is -4.41. The minimum absolute atomic E-state index is 0.00914. The zero-order valence-electron chi connectivity index (χ0n) is 18.9. The van der Waals surface area contributed by atoms with Gasteiger partial charge in [0.1, 0.15) is 11.6 Å². The van der Waals surface area contributed by atoms with Gasteiger partial charge in [-0.2, -0.15) is 13.2 Å². The van der Waals surface area contributed by atoms with Crippen LogP contribution in [0.2, 0.25) is 0 Å². The molecule has 0 atom stereocenters. The lowest BCUT2D eigenvalue weighted by atomic mass is 10.1. The molecule has 11 heteroatoms. The Bertz CT molecular complexity index is 1340. The summed E-state index contributed by atoms with van der Waals surface area (Å²) in [5, 5.41) is 11.5. The van der Waals surface area contributed by atoms with E-state index < -0.39 is 17.6 Å². The number of amides is 1. The second-order valence-electron chi connectivity index (χ2n) is 7.61. The first-order valence-electron chi connectivity index (χ1n) is 10.7. The number of alkyl halides is 3. The highest BCUT2D eigenvalue weighted by atomic mass is 32.2. The maximum atomic E-state index is 14.0. The van der Waals surface area contributed by atoms with Crippen molar-refractivity contribution in [1.82, 2.24) is 20.1 Å². The molecule has 0 aliphatic heterocycles. The second kappa shape index (κ2) is 10.8. The molecule has 0 spiro atoms. The van der Waals surface area contributed by atoms with Gasteiger partial charge in [0.05, 0.1) is 24.9 Å². The largest absolute Gasteiger partial charge is 0.497 e. The molecule has 0 fully saturated rings. The molecule has 1 aromatic heterocycles. The molecule has 0 saturated heterocycles. The van der Waals surface area contributed by atoms with Crippen molar-refractivity contribution >= 4 is 17.7 Å². The molecule has 1 heterocycles. The molecule has 0 saturated carbocycles. The molecule has 4 rings (SSSR count). The fourth-order valence-corrected chi connectivity index (χ4v) is 4.25. The van der Waals surface area contributed by atoms with Gasteiger partial charge in [0.2, 0.25) is 0 Å². The van der Waals surface area contributed by atoms with Crippen LogP contribution in [0.4, 0.5) is 17.6 Å². The summed E-state index contributed by atoms with van der Waals surface area (Å²) < 4.78 is 59.1. The Balaban J connectivity index is 1.53. The van der Waals surface area contributed by atoms with E-state index in [4.69, 9.17) is 4.74 Å². The highest BCUT2D eigenvalue weighted by molar-refractivity contribution is 7.98. The van der Waals surface area contributed by atoms with E-state index in [1.807, 2.05) is 0 Å². The summed E-state index contributed by atoms with van der Waals surface area (Å²) >= 11 is 1.23. The zero-order valence-corrected chi connectivity index (χ0v) is 19.7. The normalized spacial score (nSPS) is 11.4. The molecule has 1 N–H and O–H groups in total. The van der Waals surface area contributed by atoms with E-state index >= 15 is 0 Å². The first-order valence-corrected chi connectivity index (χ1v) is 11.6. The Morgan fingerprint density at radius 3 is 2.39 bits per heavy atom. The lowest BCUT2D eigenvalue weighted by Gasteiger charge is -2.12. The quantitative estimate of drug-likeness (QED) is 0.242. The number of rotatable bonds is 8. The Labute approximate surface area is 208 Å². The number of methoxy groups -OCH3 is 1. The third-order valence-corrected chi connectivity index (χ3v) is 6.18. The monoisotopic (exact) mass is 516 g/mol. The molecule has 186 valence electrons. The second-order valence-corrected chi connectivity index (χ2v) is 8.55. The molecule has 0 aliphatic carbocycles. The Morgan fingerprint density at radius 2 is 1.75 bits per heavy atom. The van der Waals surface area contributed by atoms with Gasteiger partial charge in [-0.05, 0) is 60.2 Å². The van der Waals surface area contributed by atoms with Gasteiger partial charge in [0, 0.05) is 11.3 Å². The first kappa shape index (κ1) is 25.2. The maximum Gasteiger partial charge on any atom is 0.416 e. The van der Waals surface area contributed by atoms with E-state index in [2.05, 4.69) is 15.5 Å². The predicted octanol–water partition coefficient (Wildman–Crippen LogP) is 5.66. The van der Waals surface area contributed by atoms with Crippen molar-refractivity contribution < 1.29 is 27.1 Å². The standard InChI is InChI=1S/C25H20F4N4O2S/c1-35-21-11-7-17(8-12-21)23(34)30-14-22-31-32-24(33(22)20-4-2-3-19(26)13-20)36-15-16-5-9-18(10-6-16)25(27,28)29/h2-13H,14-15H2,1H3,(H,30,34). The molecule has 6 nitrogen and oxygen atoms in total. The number of hydrogen-bond donors (Lipinski definition) is 1. The molecular formula is C25H20F4N4O2S. The summed E-state index contributed by atoms with van der Waals surface area (Å²) in [6, 6.07) is 17.2. The van der Waals surface area contributed by atoms with Gasteiger partial charge in [-0.15, -0.1) is 10.2 Å². The molecule has 0 aliphatic rings. The number of nitrogens with one attached hydrogen (secondary N) is 1. The summed E-state index contributed by atoms with van der Waals surface area (Å²) in [6.45, 7) is 0.00914. The van der Waals surface area contributed by atoms with Crippen LogP contribution in [0, 0.1) is 5.82 Å². The van der Waals surface area contributed by atoms with Gasteiger partial charge in [-0.3, -0.25) is 9.36 Å². The predicted molar refractivity (Wildman–Crippen MR) is 126 cm³/mol. The summed E-state index contributed by atoms with van der Waals surface area (Å²) in [6.07, 6.45) is -4.41. The van der Waals surface area contributed by atoms with Crippen LogP contribution in [0.25, 0.3) is 5.69 Å². The average molecular weight is 517 g/mol. The Kier molecular flexibility index (Phi) is 7.58. The Morgan fingerprint density at radius 1 is 1.03 bits per heavy atom. The van der Waals surface area contributed by atoms with Gasteiger partial charge >= 0.3 is 6.18 Å². The molecule has 1 amide bonds. The number of hydrogen-bond acceptors (Lipinski definition) is 5. The molecule has 0 unspecified atom stereocenters. The van der Waals surface area contributed by atoms with Crippen molar-refractivity contribution in [2.24, 2.45) is 0 Å². The number of carbonyl (C=O) groups is 1. The number of aromatic nitrogens is 3. The first-order chi connectivity index (χ1) is 17.2. The maximum absolute atomic E-state index is 14.0. The van der Waals surface area contributed by atoms with Gasteiger partial charge < -0.3 is 10.1 Å². The van der Waals surface area contributed by atoms with Crippen molar-refractivity contribution in [3.05, 3.63) is 101 Å². The van der Waals surface area contributed by atoms with Crippen LogP contribution in [0.3, 0.4) is 0 Å². The minimum Gasteiger partial charge on any atom is -0.497 e. The van der Waals surface area contributed by atoms with Crippen molar-refractivity contribution in [1.29, 1.82) is 0 Å². The molecule has 4 aromatic rings. The van der Waals surface area contributed by atoms with Gasteiger partial charge in [-0.25, -0.2) is 4.39 Å². The third kappa shape index (κ3) is 6.03. The van der Waals surface area contributed by atoms with Crippen LogP contribution in [0.1, 0.15) is 27.3 Å². The highest BCUT2D eigenvalue weighted by Gasteiger charge is 2.30. The van der Waals surface area contributed by atoms with Crippen LogP contribution >= 0.6 is 11.8 Å². The highest BCUT2D eigenvalue weighted by Crippen LogP contribution is 2.31. The summed E-state index contributed by atoms with van der Waals surface area (Å²) in [7, 11) is 1.53. The number of ether oxygens (including phenoxy) is 1. The molecule has 0 radical (unpaired) electrons. The number of benzene rings is 3. The van der Waals surface area contributed by atoms with Crippen LogP contribution in [-0.4, -0.2) is 27.8 Å². The number of nitrogens with zero attached hydrogens (tertiary/aromatic N) is 3. The number of halogens is 4. The molecule has 36 heavy (non-hydrogen) atoms. The molecule has 3 aromatic carbocycles. The van der Waals surface area contributed by atoms with Crippen LogP contribution < -0.4 is 10.1 Å². The molecule has 0 bridgehead atoms. The van der Waals surface area contributed by atoms with Crippen molar-refractivity contribution in [3.63, 3.8) is 0 Å². The van der Waals surface area contributed by atoms with E-state index in [0.717, 1.165) is 12.1 Å². The summed E-state index contributed by atoms with van der Waals surface area (Å²) in [5.74, 6) is 0.479. The van der Waals surface area contributed by atoms with E-state index in [9.17, 15) is 22.4 Å². The van der Waals surface area contributed by atoms with E-state index in [1.165, 1.54) is 49.2 Å². The zero-order chi connectivity index (χ0) is 25.7. The van der Waals surface area contributed by atoms with Crippen LogP contribution in [0.15, 0.2) is 78.0 Å². The van der Waals surface area contributed by atoms with Crippen molar-refractivity contribution in [2.75, 3.05) is 7.11 Å². The summed E-state index contributed by atoms with van der Waals surface area (Å²) in [5.41, 5.74) is 0.790. The van der Waals surface area contributed by atoms with Crippen molar-refractivity contribution in [2.45, 2.75) is 23.6 Å². The lowest BCUT2D eigenvalue weighted by Crippen LogP contribution is -2.24. The van der Waals surface area contributed by atoms with Crippen molar-refractivity contribution in [3.8, 4) is 11.4 Å². The van der Waals surface area contributed by atoms with Gasteiger partial charge in [-0.1, -0.05) is 30.0 Å². The number of carbonyl (C=O) groups excluding carboxylic acids is 1. The van der Waals surface area contributed by atoms with E-state index in [0.29, 0.717) is 39.3 Å². The average Bonchev–Trinajstić information content (AvgIpc) is 3.28. The van der Waals surface area contributed by atoms with Gasteiger partial charge in [0.15, 0.2) is 11.0 Å². The summed E-state index contributed by atoms with van der Waals surface area (Å²) in [4.78, 5) is 12.6. The lowest BCUT2D eigenvalue weighted by molar-refractivity contribution is -0.137. The topological polar surface area (TPSA) is 69.0 Å². The Hall–Kier alpha value is -3.86. The van der Waals surface area contributed by atoms with E-state index in [1.54, 1.807) is 34.9 Å². The van der Waals surface area contributed by atoms with E-state index in [-0.39, 0.29) is 12.5 Å². The molecular weight excluding hydrogens is 496 g/mol. The smallest absolute Gasteiger partial charge is 0.416 e. The van der Waals surface area contributed by atoms with Gasteiger partial charge in [0.25, 0.3) is 5.91 Å². The van der Waals surface area contributed by atoms with Crippen LogP contribution in [-0.2, 0) is 18.5 Å². The van der Waals surface area contributed by atoms with Crippen LogP contribution in [0.5, 0.6) is 5.75 Å². The third-order valence-electron chi connectivity index (χ3n) is 5.18. The fourth-order valence-electron chi connectivity index (χ4n) is 3.32. The fraction of sp³-hybridized carbons (Fsp3) is 0.160. The SMILES string of the molecule is COc1ccc(C(=O)NCc2nnc(SCc3ccc(C(F)(F)F)cc3)n2-c2cccc(F)c2)cc1.